The maximum absolute atomic E-state index is 11.2. The Balaban J connectivity index is 2.19. The van der Waals surface area contributed by atoms with Crippen LogP contribution in [-0.2, 0) is 4.74 Å². The second-order valence-electron chi connectivity index (χ2n) is 5.35. The lowest BCUT2D eigenvalue weighted by Crippen LogP contribution is -2.44. The first kappa shape index (κ1) is 15.3. The molecule has 1 fully saturated rings. The summed E-state index contributed by atoms with van der Waals surface area (Å²) in [5, 5.41) is 30.2. The van der Waals surface area contributed by atoms with E-state index in [-0.39, 0.29) is 16.4 Å². The molecule has 3 heterocycles. The Bertz CT molecular complexity index is 732. The van der Waals surface area contributed by atoms with Crippen molar-refractivity contribution >= 4 is 28.9 Å². The van der Waals surface area contributed by atoms with Crippen LogP contribution in [0.15, 0.2) is 12.5 Å². The van der Waals surface area contributed by atoms with E-state index in [2.05, 4.69) is 9.97 Å². The van der Waals surface area contributed by atoms with Crippen LogP contribution in [0.2, 0.25) is 5.15 Å². The van der Waals surface area contributed by atoms with Crippen molar-refractivity contribution in [3.63, 3.8) is 0 Å². The molecule has 0 saturated carbocycles. The van der Waals surface area contributed by atoms with Crippen molar-refractivity contribution in [1.82, 2.24) is 14.5 Å². The number of rotatable bonds is 3. The molecule has 1 saturated heterocycles. The van der Waals surface area contributed by atoms with Crippen LogP contribution < -0.4 is 0 Å². The Labute approximate surface area is 129 Å². The lowest BCUT2D eigenvalue weighted by molar-refractivity contribution is -0.0948. The molecule has 4 unspecified atom stereocenters. The van der Waals surface area contributed by atoms with Gasteiger partial charge in [-0.1, -0.05) is 11.6 Å². The quantitative estimate of drug-likeness (QED) is 0.532. The molecule has 1 aliphatic heterocycles. The number of hydrogen-bond acceptors (Lipinski definition) is 7. The van der Waals surface area contributed by atoms with Crippen molar-refractivity contribution in [2.75, 3.05) is 6.61 Å². The largest absolute Gasteiger partial charge is 0.394 e. The number of nitrogens with zero attached hydrogens (tertiary/aromatic N) is 3. The van der Waals surface area contributed by atoms with Crippen LogP contribution >= 0.6 is 11.6 Å². The van der Waals surface area contributed by atoms with Crippen molar-refractivity contribution in [3.8, 4) is 0 Å². The summed E-state index contributed by atoms with van der Waals surface area (Å²) < 4.78 is 6.93. The number of aromatic nitrogens is 3. The lowest BCUT2D eigenvalue weighted by Gasteiger charge is -2.27. The van der Waals surface area contributed by atoms with E-state index in [1.165, 1.54) is 24.0 Å². The predicted octanol–water partition coefficient (Wildman–Crippen LogP) is -0.101. The monoisotopic (exact) mass is 327 g/mol. The summed E-state index contributed by atoms with van der Waals surface area (Å²) in [7, 11) is 0. The average molecular weight is 328 g/mol. The zero-order chi connectivity index (χ0) is 16.1. The molecule has 118 valence electrons. The first-order valence-electron chi connectivity index (χ1n) is 6.54. The number of aldehydes is 1. The highest BCUT2D eigenvalue weighted by Gasteiger charge is 2.53. The summed E-state index contributed by atoms with van der Waals surface area (Å²) in [5.41, 5.74) is -1.16. The molecule has 8 nitrogen and oxygen atoms in total. The van der Waals surface area contributed by atoms with E-state index in [1.54, 1.807) is 0 Å². The summed E-state index contributed by atoms with van der Waals surface area (Å²) in [6.45, 7) is 0.927. The molecule has 2 aromatic heterocycles. The molecule has 9 heteroatoms. The van der Waals surface area contributed by atoms with Gasteiger partial charge >= 0.3 is 0 Å². The van der Waals surface area contributed by atoms with Crippen molar-refractivity contribution < 1.29 is 24.9 Å². The summed E-state index contributed by atoms with van der Waals surface area (Å²) in [4.78, 5) is 19.1. The van der Waals surface area contributed by atoms with E-state index in [0.717, 1.165) is 0 Å². The number of fused-ring (bicyclic) bond motifs is 1. The Hall–Kier alpha value is -1.58. The van der Waals surface area contributed by atoms with E-state index < -0.39 is 30.6 Å². The van der Waals surface area contributed by atoms with E-state index in [0.29, 0.717) is 11.7 Å². The molecule has 0 amide bonds. The zero-order valence-electron chi connectivity index (χ0n) is 11.5. The van der Waals surface area contributed by atoms with Crippen LogP contribution in [0.4, 0.5) is 0 Å². The number of aliphatic hydroxyl groups excluding tert-OH is 2. The highest BCUT2D eigenvalue weighted by atomic mass is 35.5. The molecule has 4 atom stereocenters. The van der Waals surface area contributed by atoms with Gasteiger partial charge in [0.15, 0.2) is 12.5 Å². The smallest absolute Gasteiger partial charge is 0.167 e. The minimum atomic E-state index is -1.68. The third-order valence-corrected chi connectivity index (χ3v) is 4.19. The summed E-state index contributed by atoms with van der Waals surface area (Å²) in [6, 6.07) is 0. The van der Waals surface area contributed by atoms with Gasteiger partial charge in [0.1, 0.15) is 34.9 Å². The Morgan fingerprint density at radius 2 is 2.27 bits per heavy atom. The normalized spacial score (nSPS) is 31.8. The molecule has 0 aliphatic carbocycles. The van der Waals surface area contributed by atoms with Crippen molar-refractivity contribution in [2.45, 2.75) is 31.0 Å². The van der Waals surface area contributed by atoms with Gasteiger partial charge in [-0.3, -0.25) is 4.79 Å². The molecule has 1 aliphatic rings. The van der Waals surface area contributed by atoms with Gasteiger partial charge in [-0.15, -0.1) is 0 Å². The van der Waals surface area contributed by atoms with Crippen LogP contribution in [-0.4, -0.2) is 60.6 Å². The van der Waals surface area contributed by atoms with Crippen LogP contribution in [0.3, 0.4) is 0 Å². The van der Waals surface area contributed by atoms with Crippen LogP contribution in [0.25, 0.3) is 11.0 Å². The van der Waals surface area contributed by atoms with E-state index >= 15 is 0 Å². The molecule has 0 radical (unpaired) electrons. The van der Waals surface area contributed by atoms with Crippen LogP contribution in [0.5, 0.6) is 0 Å². The molecular formula is C13H14ClN3O5. The van der Waals surface area contributed by atoms with Gasteiger partial charge in [0.25, 0.3) is 0 Å². The molecule has 0 spiro atoms. The van der Waals surface area contributed by atoms with Gasteiger partial charge < -0.3 is 24.6 Å². The first-order valence-corrected chi connectivity index (χ1v) is 6.92. The third-order valence-electron chi connectivity index (χ3n) is 3.91. The number of aliphatic hydroxyl groups is 3. The summed E-state index contributed by atoms with van der Waals surface area (Å²) in [6.07, 6.45) is -0.0471. The van der Waals surface area contributed by atoms with Gasteiger partial charge in [0.05, 0.1) is 12.0 Å². The SMILES string of the molecule is CC1(O)C(O)C(CO)OC1n1cc(C=O)c2c(Cl)ncnc21. The molecule has 0 aromatic carbocycles. The minimum Gasteiger partial charge on any atom is -0.394 e. The van der Waals surface area contributed by atoms with E-state index in [4.69, 9.17) is 16.3 Å². The lowest BCUT2D eigenvalue weighted by atomic mass is 9.96. The van der Waals surface area contributed by atoms with Crippen LogP contribution in [0.1, 0.15) is 23.5 Å². The Morgan fingerprint density at radius 3 is 2.86 bits per heavy atom. The fourth-order valence-corrected chi connectivity index (χ4v) is 2.97. The Morgan fingerprint density at radius 1 is 1.55 bits per heavy atom. The number of carbonyl (C=O) groups excluding carboxylic acids is 1. The molecule has 2 aromatic rings. The highest BCUT2D eigenvalue weighted by molar-refractivity contribution is 6.34. The minimum absolute atomic E-state index is 0.0998. The van der Waals surface area contributed by atoms with Gasteiger partial charge in [-0.2, -0.15) is 0 Å². The van der Waals surface area contributed by atoms with E-state index in [1.807, 2.05) is 0 Å². The number of ether oxygens (including phenoxy) is 1. The maximum atomic E-state index is 11.2. The summed E-state index contributed by atoms with van der Waals surface area (Å²) >= 11 is 6.00. The average Bonchev–Trinajstić information content (AvgIpc) is 2.97. The van der Waals surface area contributed by atoms with Crippen molar-refractivity contribution in [1.29, 1.82) is 0 Å². The van der Waals surface area contributed by atoms with Crippen LogP contribution in [0, 0.1) is 0 Å². The predicted molar refractivity (Wildman–Crippen MR) is 75.6 cm³/mol. The number of carbonyl (C=O) groups is 1. The molecule has 3 rings (SSSR count). The second kappa shape index (κ2) is 5.25. The zero-order valence-corrected chi connectivity index (χ0v) is 12.3. The molecule has 3 N–H and O–H groups in total. The van der Waals surface area contributed by atoms with Gasteiger partial charge in [-0.05, 0) is 6.92 Å². The first-order chi connectivity index (χ1) is 10.4. The molecule has 22 heavy (non-hydrogen) atoms. The van der Waals surface area contributed by atoms with Crippen molar-refractivity contribution in [2.24, 2.45) is 0 Å². The fraction of sp³-hybridized carbons (Fsp3) is 0.462. The fourth-order valence-electron chi connectivity index (χ4n) is 2.73. The number of hydrogen-bond donors (Lipinski definition) is 3. The summed E-state index contributed by atoms with van der Waals surface area (Å²) in [5.74, 6) is 0. The maximum Gasteiger partial charge on any atom is 0.167 e. The van der Waals surface area contributed by atoms with Crippen molar-refractivity contribution in [3.05, 3.63) is 23.2 Å². The molecule has 0 bridgehead atoms. The van der Waals surface area contributed by atoms with Gasteiger partial charge in [-0.25, -0.2) is 9.97 Å². The van der Waals surface area contributed by atoms with E-state index in [9.17, 15) is 20.1 Å². The molecular weight excluding hydrogens is 314 g/mol. The van der Waals surface area contributed by atoms with Gasteiger partial charge in [0.2, 0.25) is 0 Å². The number of halogens is 1. The Kier molecular flexibility index (Phi) is 3.66. The van der Waals surface area contributed by atoms with Gasteiger partial charge in [0, 0.05) is 11.8 Å². The third kappa shape index (κ3) is 2.03. The topological polar surface area (TPSA) is 118 Å². The standard InChI is InChI=1S/C13H14ClN3O5/c1-13(21)9(20)7(4-19)22-12(13)17-2-6(3-18)8-10(14)15-5-16-11(8)17/h2-3,5,7,9,12,19-21H,4H2,1H3. The highest BCUT2D eigenvalue weighted by Crippen LogP contribution is 2.40. The second-order valence-corrected chi connectivity index (χ2v) is 5.71.